The second kappa shape index (κ2) is 11.4. The Hall–Kier alpha value is -2.99. The molecule has 0 unspecified atom stereocenters. The van der Waals surface area contributed by atoms with Gasteiger partial charge in [-0.1, -0.05) is 19.4 Å². The Bertz CT molecular complexity index is 872. The van der Waals surface area contributed by atoms with Crippen LogP contribution < -0.4 is 19.7 Å². The van der Waals surface area contributed by atoms with Crippen LogP contribution in [-0.2, 0) is 4.79 Å². The van der Waals surface area contributed by atoms with Gasteiger partial charge in [-0.05, 0) is 61.5 Å². The van der Waals surface area contributed by atoms with Crippen LogP contribution in [0.15, 0.2) is 48.5 Å². The molecule has 1 aliphatic heterocycles. The van der Waals surface area contributed by atoms with E-state index in [4.69, 9.17) is 9.47 Å². The van der Waals surface area contributed by atoms with Gasteiger partial charge in [-0.2, -0.15) is 0 Å². The molecule has 3 rings (SSSR count). The van der Waals surface area contributed by atoms with Crippen LogP contribution in [0.1, 0.15) is 25.3 Å². The zero-order chi connectivity index (χ0) is 22.1. The SMILES string of the molecule is CCCCOc1ccc(/C=C/C(=O)Nc2ccc(N3CCN(C)CC3)cc2)cc1OC. The summed E-state index contributed by atoms with van der Waals surface area (Å²) in [6, 6.07) is 13.7. The van der Waals surface area contributed by atoms with Crippen molar-refractivity contribution in [3.63, 3.8) is 0 Å². The number of benzene rings is 2. The van der Waals surface area contributed by atoms with E-state index in [9.17, 15) is 4.79 Å². The summed E-state index contributed by atoms with van der Waals surface area (Å²) in [5, 5.41) is 2.92. The lowest BCUT2D eigenvalue weighted by Gasteiger charge is -2.34. The lowest BCUT2D eigenvalue weighted by molar-refractivity contribution is -0.111. The van der Waals surface area contributed by atoms with Gasteiger partial charge in [0.05, 0.1) is 13.7 Å². The van der Waals surface area contributed by atoms with Crippen LogP contribution in [0, 0.1) is 0 Å². The van der Waals surface area contributed by atoms with Gasteiger partial charge in [0.2, 0.25) is 5.91 Å². The fraction of sp³-hybridized carbons (Fsp3) is 0.400. The van der Waals surface area contributed by atoms with E-state index in [1.807, 2.05) is 30.3 Å². The molecule has 1 saturated heterocycles. The summed E-state index contributed by atoms with van der Waals surface area (Å²) in [5.41, 5.74) is 2.85. The maximum absolute atomic E-state index is 12.3. The molecule has 1 fully saturated rings. The van der Waals surface area contributed by atoms with Crippen molar-refractivity contribution in [2.24, 2.45) is 0 Å². The Morgan fingerprint density at radius 1 is 1.06 bits per heavy atom. The summed E-state index contributed by atoms with van der Waals surface area (Å²) >= 11 is 0. The molecule has 6 heteroatoms. The lowest BCUT2D eigenvalue weighted by Crippen LogP contribution is -2.44. The molecule has 0 bridgehead atoms. The molecule has 0 radical (unpaired) electrons. The van der Waals surface area contributed by atoms with Gasteiger partial charge in [0.15, 0.2) is 11.5 Å². The number of unbranched alkanes of at least 4 members (excludes halogenated alkanes) is 1. The number of likely N-dealkylation sites (N-methyl/N-ethyl adjacent to an activating group) is 1. The first-order valence-electron chi connectivity index (χ1n) is 10.9. The number of amides is 1. The highest BCUT2D eigenvalue weighted by Gasteiger charge is 2.14. The minimum Gasteiger partial charge on any atom is -0.493 e. The predicted molar refractivity (Wildman–Crippen MR) is 127 cm³/mol. The normalized spacial score (nSPS) is 14.6. The van der Waals surface area contributed by atoms with Gasteiger partial charge in [-0.25, -0.2) is 0 Å². The second-order valence-corrected chi connectivity index (χ2v) is 7.77. The Morgan fingerprint density at radius 3 is 2.48 bits per heavy atom. The molecule has 0 aliphatic carbocycles. The van der Waals surface area contributed by atoms with Crippen molar-refractivity contribution < 1.29 is 14.3 Å². The van der Waals surface area contributed by atoms with Gasteiger partial charge < -0.3 is 24.6 Å². The van der Waals surface area contributed by atoms with Crippen LogP contribution in [0.5, 0.6) is 11.5 Å². The first-order valence-corrected chi connectivity index (χ1v) is 10.9. The highest BCUT2D eigenvalue weighted by Crippen LogP contribution is 2.28. The number of carbonyl (C=O) groups is 1. The van der Waals surface area contributed by atoms with E-state index in [0.29, 0.717) is 12.4 Å². The van der Waals surface area contributed by atoms with E-state index in [2.05, 4.69) is 41.2 Å². The molecule has 0 spiro atoms. The quantitative estimate of drug-likeness (QED) is 0.482. The summed E-state index contributed by atoms with van der Waals surface area (Å²) in [7, 11) is 3.77. The number of rotatable bonds is 9. The van der Waals surface area contributed by atoms with Crippen molar-refractivity contribution in [1.29, 1.82) is 0 Å². The highest BCUT2D eigenvalue weighted by molar-refractivity contribution is 6.02. The van der Waals surface area contributed by atoms with E-state index < -0.39 is 0 Å². The summed E-state index contributed by atoms with van der Waals surface area (Å²) in [5.74, 6) is 1.21. The molecule has 1 aliphatic rings. The Labute approximate surface area is 185 Å². The summed E-state index contributed by atoms with van der Waals surface area (Å²) in [6.07, 6.45) is 5.38. The first-order chi connectivity index (χ1) is 15.1. The van der Waals surface area contributed by atoms with Crippen molar-refractivity contribution in [2.75, 3.05) is 57.2 Å². The average molecular weight is 424 g/mol. The van der Waals surface area contributed by atoms with Crippen molar-refractivity contribution >= 4 is 23.4 Å². The zero-order valence-corrected chi connectivity index (χ0v) is 18.8. The van der Waals surface area contributed by atoms with Gasteiger partial charge in [-0.3, -0.25) is 4.79 Å². The molecule has 1 N–H and O–H groups in total. The fourth-order valence-corrected chi connectivity index (χ4v) is 3.41. The molecule has 2 aromatic carbocycles. The number of nitrogens with zero attached hydrogens (tertiary/aromatic N) is 2. The molecule has 1 amide bonds. The fourth-order valence-electron chi connectivity index (χ4n) is 3.41. The van der Waals surface area contributed by atoms with Crippen molar-refractivity contribution in [3.05, 3.63) is 54.1 Å². The zero-order valence-electron chi connectivity index (χ0n) is 18.8. The summed E-state index contributed by atoms with van der Waals surface area (Å²) < 4.78 is 11.2. The average Bonchev–Trinajstić information content (AvgIpc) is 2.79. The van der Waals surface area contributed by atoms with Crippen LogP contribution in [-0.4, -0.2) is 57.8 Å². The van der Waals surface area contributed by atoms with Crippen LogP contribution in [0.2, 0.25) is 0 Å². The second-order valence-electron chi connectivity index (χ2n) is 7.77. The van der Waals surface area contributed by atoms with Gasteiger partial charge in [0, 0.05) is 43.6 Å². The minimum atomic E-state index is -0.172. The third-order valence-corrected chi connectivity index (χ3v) is 5.37. The van der Waals surface area contributed by atoms with E-state index in [1.165, 1.54) is 11.8 Å². The lowest BCUT2D eigenvalue weighted by atomic mass is 10.2. The molecule has 1 heterocycles. The molecule has 6 nitrogen and oxygen atoms in total. The maximum atomic E-state index is 12.3. The van der Waals surface area contributed by atoms with Gasteiger partial charge in [0.25, 0.3) is 0 Å². The molecule has 0 atom stereocenters. The van der Waals surface area contributed by atoms with E-state index in [0.717, 1.165) is 56.0 Å². The van der Waals surface area contributed by atoms with E-state index in [-0.39, 0.29) is 5.91 Å². The largest absolute Gasteiger partial charge is 0.493 e. The van der Waals surface area contributed by atoms with Crippen molar-refractivity contribution in [2.45, 2.75) is 19.8 Å². The third-order valence-electron chi connectivity index (χ3n) is 5.37. The van der Waals surface area contributed by atoms with Crippen LogP contribution in [0.25, 0.3) is 6.08 Å². The Balaban J connectivity index is 1.55. The molecule has 2 aromatic rings. The van der Waals surface area contributed by atoms with E-state index in [1.54, 1.807) is 13.2 Å². The standard InChI is InChI=1S/C25H33N3O3/c1-4-5-18-31-23-12-6-20(19-24(23)30-3)7-13-25(29)26-21-8-10-22(11-9-21)28-16-14-27(2)15-17-28/h6-13,19H,4-5,14-18H2,1-3H3,(H,26,29)/b13-7+. The number of hydrogen-bond donors (Lipinski definition) is 1. The Morgan fingerprint density at radius 2 is 1.81 bits per heavy atom. The minimum absolute atomic E-state index is 0.172. The smallest absolute Gasteiger partial charge is 0.248 e. The summed E-state index contributed by atoms with van der Waals surface area (Å²) in [6.45, 7) is 6.98. The van der Waals surface area contributed by atoms with Crippen LogP contribution >= 0.6 is 0 Å². The maximum Gasteiger partial charge on any atom is 0.248 e. The predicted octanol–water partition coefficient (Wildman–Crippen LogP) is 4.28. The summed E-state index contributed by atoms with van der Waals surface area (Å²) in [4.78, 5) is 17.0. The molecule has 0 saturated carbocycles. The van der Waals surface area contributed by atoms with E-state index >= 15 is 0 Å². The molecule has 166 valence electrons. The number of anilines is 2. The number of piperazine rings is 1. The molecular formula is C25H33N3O3. The monoisotopic (exact) mass is 423 g/mol. The number of nitrogens with one attached hydrogen (secondary N) is 1. The number of carbonyl (C=O) groups excluding carboxylic acids is 1. The molecule has 31 heavy (non-hydrogen) atoms. The van der Waals surface area contributed by atoms with Gasteiger partial charge >= 0.3 is 0 Å². The van der Waals surface area contributed by atoms with Gasteiger partial charge in [-0.15, -0.1) is 0 Å². The van der Waals surface area contributed by atoms with Crippen molar-refractivity contribution in [1.82, 2.24) is 4.90 Å². The van der Waals surface area contributed by atoms with Gasteiger partial charge in [0.1, 0.15) is 0 Å². The highest BCUT2D eigenvalue weighted by atomic mass is 16.5. The first kappa shape index (κ1) is 22.7. The number of methoxy groups -OCH3 is 1. The third kappa shape index (κ3) is 6.76. The van der Waals surface area contributed by atoms with Crippen LogP contribution in [0.4, 0.5) is 11.4 Å². The number of hydrogen-bond acceptors (Lipinski definition) is 5. The van der Waals surface area contributed by atoms with Crippen LogP contribution in [0.3, 0.4) is 0 Å². The molecular weight excluding hydrogens is 390 g/mol. The topological polar surface area (TPSA) is 54.0 Å². The Kier molecular flexibility index (Phi) is 8.35. The molecule has 0 aromatic heterocycles. The number of ether oxygens (including phenoxy) is 2. The van der Waals surface area contributed by atoms with Crippen molar-refractivity contribution in [3.8, 4) is 11.5 Å².